The number of sulfonamides is 1. The first-order valence-electron chi connectivity index (χ1n) is 8.28. The lowest BCUT2D eigenvalue weighted by atomic mass is 10.1. The first-order valence-corrected chi connectivity index (χ1v) is 9.77. The highest BCUT2D eigenvalue weighted by Gasteiger charge is 2.16. The zero-order chi connectivity index (χ0) is 19.6. The molecule has 0 spiro atoms. The quantitative estimate of drug-likeness (QED) is 0.707. The van der Waals surface area contributed by atoms with Gasteiger partial charge in [0.05, 0.1) is 10.6 Å². The average Bonchev–Trinajstić information content (AvgIpc) is 3.09. The average molecular weight is 384 g/mol. The van der Waals surface area contributed by atoms with E-state index < -0.39 is 10.0 Å². The van der Waals surface area contributed by atoms with Crippen LogP contribution < -0.4 is 10.0 Å². The molecule has 1 heterocycles. The van der Waals surface area contributed by atoms with E-state index in [0.717, 1.165) is 11.4 Å². The number of hydrogen-bond acceptors (Lipinski definition) is 4. The van der Waals surface area contributed by atoms with Gasteiger partial charge in [0.25, 0.3) is 5.91 Å². The van der Waals surface area contributed by atoms with E-state index >= 15 is 0 Å². The summed E-state index contributed by atoms with van der Waals surface area (Å²) < 4.78 is 28.2. The van der Waals surface area contributed by atoms with Gasteiger partial charge in [-0.25, -0.2) is 17.8 Å². The van der Waals surface area contributed by atoms with Gasteiger partial charge in [-0.05, 0) is 68.9 Å². The van der Waals surface area contributed by atoms with Crippen molar-refractivity contribution in [3.8, 4) is 5.69 Å². The van der Waals surface area contributed by atoms with Crippen molar-refractivity contribution in [3.63, 3.8) is 0 Å². The second-order valence-corrected chi connectivity index (χ2v) is 7.93. The van der Waals surface area contributed by atoms with Crippen LogP contribution in [0, 0.1) is 13.8 Å². The largest absolute Gasteiger partial charge is 0.322 e. The smallest absolute Gasteiger partial charge is 0.255 e. The molecule has 1 amide bonds. The summed E-state index contributed by atoms with van der Waals surface area (Å²) in [6, 6.07) is 13.7. The van der Waals surface area contributed by atoms with E-state index in [2.05, 4.69) is 15.1 Å². The Bertz CT molecular complexity index is 1090. The van der Waals surface area contributed by atoms with Crippen LogP contribution in [0.3, 0.4) is 0 Å². The van der Waals surface area contributed by atoms with Crippen LogP contribution in [0.1, 0.15) is 21.6 Å². The van der Waals surface area contributed by atoms with Gasteiger partial charge >= 0.3 is 0 Å². The van der Waals surface area contributed by atoms with Crippen molar-refractivity contribution in [3.05, 3.63) is 71.5 Å². The second kappa shape index (κ2) is 7.34. The van der Waals surface area contributed by atoms with E-state index in [9.17, 15) is 13.2 Å². The number of nitrogens with one attached hydrogen (secondary N) is 2. The van der Waals surface area contributed by atoms with Crippen LogP contribution >= 0.6 is 0 Å². The Hall–Kier alpha value is -2.97. The number of hydrogen-bond donors (Lipinski definition) is 2. The highest BCUT2D eigenvalue weighted by atomic mass is 32.2. The van der Waals surface area contributed by atoms with Crippen LogP contribution in [0.4, 0.5) is 5.69 Å². The van der Waals surface area contributed by atoms with Gasteiger partial charge in [-0.2, -0.15) is 5.10 Å². The highest BCUT2D eigenvalue weighted by Crippen LogP contribution is 2.21. The molecule has 0 saturated carbocycles. The molecular weight excluding hydrogens is 364 g/mol. The van der Waals surface area contributed by atoms with Crippen LogP contribution in [0.15, 0.2) is 59.6 Å². The zero-order valence-electron chi connectivity index (χ0n) is 15.2. The molecule has 0 saturated heterocycles. The van der Waals surface area contributed by atoms with Crippen LogP contribution in [0.25, 0.3) is 5.69 Å². The van der Waals surface area contributed by atoms with Crippen molar-refractivity contribution < 1.29 is 13.2 Å². The molecule has 0 atom stereocenters. The molecule has 0 fully saturated rings. The van der Waals surface area contributed by atoms with E-state index in [-0.39, 0.29) is 10.8 Å². The summed E-state index contributed by atoms with van der Waals surface area (Å²) in [5.41, 5.74) is 3.31. The zero-order valence-corrected chi connectivity index (χ0v) is 16.0. The lowest BCUT2D eigenvalue weighted by Gasteiger charge is -2.11. The van der Waals surface area contributed by atoms with E-state index in [0.29, 0.717) is 16.8 Å². The standard InChI is InChI=1S/C19H20N4O3S/c1-13-4-7-16(12-18(13)27(25,26)20-3)22-19(24)15-5-8-17(9-6-15)23-14(2)10-11-21-23/h4-12,20H,1-3H3,(H,22,24). The molecule has 0 radical (unpaired) electrons. The van der Waals surface area contributed by atoms with Crippen LogP contribution in [0.2, 0.25) is 0 Å². The Morgan fingerprint density at radius 2 is 1.74 bits per heavy atom. The van der Waals surface area contributed by atoms with E-state index in [1.54, 1.807) is 54.2 Å². The number of carbonyl (C=O) groups is 1. The lowest BCUT2D eigenvalue weighted by molar-refractivity contribution is 0.102. The molecule has 0 aliphatic heterocycles. The highest BCUT2D eigenvalue weighted by molar-refractivity contribution is 7.89. The summed E-state index contributed by atoms with van der Waals surface area (Å²) >= 11 is 0. The molecule has 27 heavy (non-hydrogen) atoms. The maximum atomic E-state index is 12.5. The summed E-state index contributed by atoms with van der Waals surface area (Å²) in [5.74, 6) is -0.324. The van der Waals surface area contributed by atoms with Gasteiger partial charge in [-0.1, -0.05) is 6.07 Å². The number of nitrogens with zero attached hydrogens (tertiary/aromatic N) is 2. The van der Waals surface area contributed by atoms with Crippen LogP contribution in [-0.4, -0.2) is 31.2 Å². The minimum Gasteiger partial charge on any atom is -0.322 e. The van der Waals surface area contributed by atoms with E-state index in [1.807, 2.05) is 13.0 Å². The number of anilines is 1. The third-order valence-corrected chi connectivity index (χ3v) is 5.77. The SMILES string of the molecule is CNS(=O)(=O)c1cc(NC(=O)c2ccc(-n3nccc3C)cc2)ccc1C. The van der Waals surface area contributed by atoms with Gasteiger partial charge in [0.2, 0.25) is 10.0 Å². The van der Waals surface area contributed by atoms with Crippen molar-refractivity contribution in [1.29, 1.82) is 0 Å². The van der Waals surface area contributed by atoms with Gasteiger partial charge in [-0.3, -0.25) is 4.79 Å². The molecule has 1 aromatic heterocycles. The van der Waals surface area contributed by atoms with Gasteiger partial charge < -0.3 is 5.32 Å². The topological polar surface area (TPSA) is 93.1 Å². The Labute approximate surface area is 158 Å². The number of carbonyl (C=O) groups excluding carboxylic acids is 1. The fraction of sp³-hybridized carbons (Fsp3) is 0.158. The molecule has 2 aromatic carbocycles. The van der Waals surface area contributed by atoms with Gasteiger partial charge in [-0.15, -0.1) is 0 Å². The molecule has 0 unspecified atom stereocenters. The second-order valence-electron chi connectivity index (χ2n) is 6.07. The summed E-state index contributed by atoms with van der Waals surface area (Å²) in [6.45, 7) is 3.65. The fourth-order valence-electron chi connectivity index (χ4n) is 2.67. The first kappa shape index (κ1) is 18.8. The minimum atomic E-state index is -3.60. The summed E-state index contributed by atoms with van der Waals surface area (Å²) in [7, 11) is -2.25. The third kappa shape index (κ3) is 3.91. The molecule has 7 nitrogen and oxygen atoms in total. The van der Waals surface area contributed by atoms with Gasteiger partial charge in [0.1, 0.15) is 0 Å². The number of aromatic nitrogens is 2. The third-order valence-electron chi connectivity index (χ3n) is 4.21. The first-order chi connectivity index (χ1) is 12.8. The van der Waals surface area contributed by atoms with Crippen molar-refractivity contribution in [2.45, 2.75) is 18.7 Å². The maximum absolute atomic E-state index is 12.5. The summed E-state index contributed by atoms with van der Waals surface area (Å²) in [6.07, 6.45) is 1.71. The maximum Gasteiger partial charge on any atom is 0.255 e. The van der Waals surface area contributed by atoms with E-state index in [1.165, 1.54) is 13.1 Å². The molecule has 3 rings (SSSR count). The summed E-state index contributed by atoms with van der Waals surface area (Å²) in [5, 5.41) is 6.96. The number of amides is 1. The van der Waals surface area contributed by atoms with Crippen LogP contribution in [0.5, 0.6) is 0 Å². The molecule has 3 aromatic rings. The van der Waals surface area contributed by atoms with Gasteiger partial charge in [0.15, 0.2) is 0 Å². The van der Waals surface area contributed by atoms with Crippen molar-refractivity contribution in [1.82, 2.24) is 14.5 Å². The Kier molecular flexibility index (Phi) is 5.11. The van der Waals surface area contributed by atoms with Crippen LogP contribution in [-0.2, 0) is 10.0 Å². The predicted octanol–water partition coefficient (Wildman–Crippen LogP) is 2.65. The molecule has 0 bridgehead atoms. The minimum absolute atomic E-state index is 0.132. The number of benzene rings is 2. The number of aryl methyl sites for hydroxylation is 2. The predicted molar refractivity (Wildman–Crippen MR) is 104 cm³/mol. The molecule has 0 aliphatic carbocycles. The monoisotopic (exact) mass is 384 g/mol. The number of rotatable bonds is 5. The Morgan fingerprint density at radius 3 is 2.33 bits per heavy atom. The lowest BCUT2D eigenvalue weighted by Crippen LogP contribution is -2.20. The molecule has 140 valence electrons. The normalized spacial score (nSPS) is 11.4. The fourth-order valence-corrected chi connectivity index (χ4v) is 3.67. The van der Waals surface area contributed by atoms with Gasteiger partial charge in [0, 0.05) is 23.1 Å². The molecule has 0 aliphatic rings. The molecule has 2 N–H and O–H groups in total. The Balaban J connectivity index is 1.82. The van der Waals surface area contributed by atoms with Crippen molar-refractivity contribution >= 4 is 21.6 Å². The van der Waals surface area contributed by atoms with Crippen molar-refractivity contribution in [2.24, 2.45) is 0 Å². The van der Waals surface area contributed by atoms with E-state index in [4.69, 9.17) is 0 Å². The Morgan fingerprint density at radius 1 is 1.04 bits per heavy atom. The molecular formula is C19H20N4O3S. The van der Waals surface area contributed by atoms with Crippen molar-refractivity contribution in [2.75, 3.05) is 12.4 Å². The molecule has 8 heteroatoms. The summed E-state index contributed by atoms with van der Waals surface area (Å²) in [4.78, 5) is 12.6.